The topological polar surface area (TPSA) is 78.4 Å². The van der Waals surface area contributed by atoms with Crippen LogP contribution in [-0.2, 0) is 11.3 Å². The zero-order valence-electron chi connectivity index (χ0n) is 10.6. The maximum atomic E-state index is 11.4. The van der Waals surface area contributed by atoms with Gasteiger partial charge in [-0.3, -0.25) is 4.79 Å². The van der Waals surface area contributed by atoms with Crippen molar-refractivity contribution in [2.75, 3.05) is 6.54 Å². The van der Waals surface area contributed by atoms with Gasteiger partial charge in [0.1, 0.15) is 4.88 Å². The molecule has 19 heavy (non-hydrogen) atoms. The second kappa shape index (κ2) is 6.68. The summed E-state index contributed by atoms with van der Waals surface area (Å²) in [6.07, 6.45) is 3.52. The van der Waals surface area contributed by atoms with E-state index in [1.54, 1.807) is 5.38 Å². The lowest BCUT2D eigenvalue weighted by molar-refractivity contribution is -0.121. The molecule has 1 heterocycles. The summed E-state index contributed by atoms with van der Waals surface area (Å²) in [6, 6.07) is 2.24. The first kappa shape index (κ1) is 14.0. The number of carboxylic acid groups (broad SMARTS) is 1. The van der Waals surface area contributed by atoms with Crippen LogP contribution in [0, 0.1) is 0 Å². The van der Waals surface area contributed by atoms with E-state index in [0.29, 0.717) is 30.4 Å². The molecule has 0 aromatic carbocycles. The molecule has 1 aromatic rings. The summed E-state index contributed by atoms with van der Waals surface area (Å²) in [5.41, 5.74) is 0.805. The Labute approximate surface area is 116 Å². The first-order valence-corrected chi connectivity index (χ1v) is 7.34. The van der Waals surface area contributed by atoms with Gasteiger partial charge < -0.3 is 15.7 Å². The van der Waals surface area contributed by atoms with Gasteiger partial charge in [-0.1, -0.05) is 0 Å². The molecule has 1 aliphatic rings. The summed E-state index contributed by atoms with van der Waals surface area (Å²) in [5.74, 6) is -0.762. The van der Waals surface area contributed by atoms with Crippen molar-refractivity contribution in [2.45, 2.75) is 38.3 Å². The molecule has 104 valence electrons. The van der Waals surface area contributed by atoms with E-state index in [4.69, 9.17) is 5.11 Å². The first-order valence-electron chi connectivity index (χ1n) is 6.46. The summed E-state index contributed by atoms with van der Waals surface area (Å²) < 4.78 is 0. The van der Waals surface area contributed by atoms with Crippen LogP contribution < -0.4 is 10.6 Å². The van der Waals surface area contributed by atoms with Crippen LogP contribution >= 0.6 is 11.3 Å². The van der Waals surface area contributed by atoms with Gasteiger partial charge in [0.25, 0.3) is 0 Å². The zero-order chi connectivity index (χ0) is 13.7. The largest absolute Gasteiger partial charge is 0.477 e. The molecule has 0 atom stereocenters. The molecule has 1 aliphatic carbocycles. The number of rotatable bonds is 8. The monoisotopic (exact) mass is 282 g/mol. The van der Waals surface area contributed by atoms with Crippen molar-refractivity contribution in [1.29, 1.82) is 0 Å². The van der Waals surface area contributed by atoms with E-state index >= 15 is 0 Å². The van der Waals surface area contributed by atoms with Crippen LogP contribution in [0.3, 0.4) is 0 Å². The molecule has 2 rings (SSSR count). The molecule has 0 unspecified atom stereocenters. The van der Waals surface area contributed by atoms with E-state index in [1.807, 2.05) is 6.07 Å². The molecular formula is C13H18N2O3S. The number of thiophene rings is 1. The lowest BCUT2D eigenvalue weighted by atomic mass is 10.2. The number of carbonyl (C=O) groups excluding carboxylic acids is 1. The third-order valence-corrected chi connectivity index (χ3v) is 3.90. The normalized spacial score (nSPS) is 14.3. The van der Waals surface area contributed by atoms with Gasteiger partial charge in [-0.05, 0) is 42.8 Å². The van der Waals surface area contributed by atoms with Crippen molar-refractivity contribution >= 4 is 23.2 Å². The highest BCUT2D eigenvalue weighted by molar-refractivity contribution is 7.12. The molecule has 1 amide bonds. The Balaban J connectivity index is 1.59. The minimum absolute atomic E-state index is 0.117. The highest BCUT2D eigenvalue weighted by Gasteiger charge is 2.22. The Morgan fingerprint density at radius 1 is 1.42 bits per heavy atom. The van der Waals surface area contributed by atoms with Gasteiger partial charge in [0.2, 0.25) is 5.91 Å². The van der Waals surface area contributed by atoms with Gasteiger partial charge >= 0.3 is 5.97 Å². The summed E-state index contributed by atoms with van der Waals surface area (Å²) in [7, 11) is 0. The molecule has 0 saturated heterocycles. The molecule has 0 spiro atoms. The Kier molecular flexibility index (Phi) is 4.93. The standard InChI is InChI=1S/C13H18N2O3S/c16-11(15-10-3-4-10)2-1-6-14-8-9-5-7-19-12(9)13(17)18/h5,7,10,14H,1-4,6,8H2,(H,15,16)(H,17,18). The smallest absolute Gasteiger partial charge is 0.346 e. The Bertz CT molecular complexity index is 454. The van der Waals surface area contributed by atoms with Crippen molar-refractivity contribution in [1.82, 2.24) is 10.6 Å². The van der Waals surface area contributed by atoms with Crippen molar-refractivity contribution in [2.24, 2.45) is 0 Å². The van der Waals surface area contributed by atoms with Gasteiger partial charge in [-0.2, -0.15) is 0 Å². The Hall–Kier alpha value is -1.40. The summed E-state index contributed by atoms with van der Waals surface area (Å²) in [5, 5.41) is 16.8. The van der Waals surface area contributed by atoms with Gasteiger partial charge in [0.15, 0.2) is 0 Å². The molecule has 0 aliphatic heterocycles. The quantitative estimate of drug-likeness (QED) is 0.633. The second-order valence-corrected chi connectivity index (χ2v) is 5.62. The van der Waals surface area contributed by atoms with Gasteiger partial charge in [-0.25, -0.2) is 4.79 Å². The van der Waals surface area contributed by atoms with Crippen LogP contribution in [0.2, 0.25) is 0 Å². The third-order valence-electron chi connectivity index (χ3n) is 2.96. The van der Waals surface area contributed by atoms with Crippen molar-refractivity contribution < 1.29 is 14.7 Å². The number of aromatic carboxylic acids is 1. The lowest BCUT2D eigenvalue weighted by Crippen LogP contribution is -2.26. The number of nitrogens with one attached hydrogen (secondary N) is 2. The predicted molar refractivity (Wildman–Crippen MR) is 73.4 cm³/mol. The fraction of sp³-hybridized carbons (Fsp3) is 0.538. The highest BCUT2D eigenvalue weighted by atomic mass is 32.1. The molecule has 1 fully saturated rings. The average molecular weight is 282 g/mol. The van der Waals surface area contributed by atoms with Crippen molar-refractivity contribution in [3.8, 4) is 0 Å². The molecule has 6 heteroatoms. The average Bonchev–Trinajstić information content (AvgIpc) is 3.04. The van der Waals surface area contributed by atoms with E-state index in [0.717, 1.165) is 24.8 Å². The van der Waals surface area contributed by atoms with Crippen LogP contribution in [0.5, 0.6) is 0 Å². The number of hydrogen-bond acceptors (Lipinski definition) is 4. The van der Waals surface area contributed by atoms with Crippen LogP contribution in [0.4, 0.5) is 0 Å². The van der Waals surface area contributed by atoms with Crippen LogP contribution in [0.15, 0.2) is 11.4 Å². The van der Waals surface area contributed by atoms with E-state index in [9.17, 15) is 9.59 Å². The van der Waals surface area contributed by atoms with Gasteiger partial charge in [-0.15, -0.1) is 11.3 Å². The minimum Gasteiger partial charge on any atom is -0.477 e. The summed E-state index contributed by atoms with van der Waals surface area (Å²) in [6.45, 7) is 1.25. The molecule has 1 aromatic heterocycles. The lowest BCUT2D eigenvalue weighted by Gasteiger charge is -2.05. The van der Waals surface area contributed by atoms with Gasteiger partial charge in [0, 0.05) is 19.0 Å². The molecule has 0 radical (unpaired) electrons. The maximum absolute atomic E-state index is 11.4. The number of carboxylic acids is 1. The first-order chi connectivity index (χ1) is 9.16. The molecule has 5 nitrogen and oxygen atoms in total. The van der Waals surface area contributed by atoms with Crippen LogP contribution in [-0.4, -0.2) is 29.6 Å². The van der Waals surface area contributed by atoms with Crippen LogP contribution in [0.25, 0.3) is 0 Å². The number of amides is 1. The van der Waals surface area contributed by atoms with Crippen molar-refractivity contribution in [3.05, 3.63) is 21.9 Å². The van der Waals surface area contributed by atoms with E-state index in [1.165, 1.54) is 11.3 Å². The number of hydrogen-bond donors (Lipinski definition) is 3. The molecular weight excluding hydrogens is 264 g/mol. The number of carbonyl (C=O) groups is 2. The highest BCUT2D eigenvalue weighted by Crippen LogP contribution is 2.18. The third kappa shape index (κ3) is 4.65. The van der Waals surface area contributed by atoms with Crippen molar-refractivity contribution in [3.63, 3.8) is 0 Å². The Morgan fingerprint density at radius 3 is 2.89 bits per heavy atom. The molecule has 1 saturated carbocycles. The summed E-state index contributed by atoms with van der Waals surface area (Å²) >= 11 is 1.24. The van der Waals surface area contributed by atoms with Gasteiger partial charge in [0.05, 0.1) is 0 Å². The zero-order valence-corrected chi connectivity index (χ0v) is 11.5. The van der Waals surface area contributed by atoms with Crippen LogP contribution in [0.1, 0.15) is 40.9 Å². The SMILES string of the molecule is O=C(CCCNCc1ccsc1C(=O)O)NC1CC1. The second-order valence-electron chi connectivity index (χ2n) is 4.70. The summed E-state index contributed by atoms with van der Waals surface area (Å²) in [4.78, 5) is 22.7. The predicted octanol–water partition coefficient (Wildman–Crippen LogP) is 1.59. The minimum atomic E-state index is -0.879. The van der Waals surface area contributed by atoms with E-state index in [2.05, 4.69) is 10.6 Å². The molecule has 3 N–H and O–H groups in total. The fourth-order valence-corrected chi connectivity index (χ4v) is 2.55. The fourth-order valence-electron chi connectivity index (χ4n) is 1.79. The van der Waals surface area contributed by atoms with E-state index < -0.39 is 5.97 Å². The maximum Gasteiger partial charge on any atom is 0.346 e. The van der Waals surface area contributed by atoms with E-state index in [-0.39, 0.29) is 5.91 Å². The molecule has 0 bridgehead atoms. The Morgan fingerprint density at radius 2 is 2.21 bits per heavy atom.